The summed E-state index contributed by atoms with van der Waals surface area (Å²) in [6.07, 6.45) is 1.62. The number of amides is 1. The summed E-state index contributed by atoms with van der Waals surface area (Å²) in [6, 6.07) is 12.5. The van der Waals surface area contributed by atoms with Gasteiger partial charge in [0.05, 0.1) is 30.4 Å². The van der Waals surface area contributed by atoms with Gasteiger partial charge in [0.2, 0.25) is 5.91 Å². The van der Waals surface area contributed by atoms with Crippen LogP contribution in [0.5, 0.6) is 5.75 Å². The number of carbonyl (C=O) groups is 1. The molecule has 0 aliphatic rings. The number of hydrogen-bond donors (Lipinski definition) is 1. The van der Waals surface area contributed by atoms with E-state index in [1.165, 1.54) is 7.11 Å². The Labute approximate surface area is 183 Å². The Balaban J connectivity index is 1.72. The van der Waals surface area contributed by atoms with E-state index in [1.54, 1.807) is 36.0 Å². The zero-order chi connectivity index (χ0) is 22.1. The number of nitrogens with zero attached hydrogens (tertiary/aromatic N) is 4. The van der Waals surface area contributed by atoms with Crippen LogP contribution in [0.4, 0.5) is 5.69 Å². The molecule has 4 rings (SSSR count). The Morgan fingerprint density at radius 2 is 1.97 bits per heavy atom. The molecule has 158 valence electrons. The average Bonchev–Trinajstić information content (AvgIpc) is 3.18. The molecule has 0 spiro atoms. The number of aryl methyl sites for hydroxylation is 2. The topological polar surface area (TPSA) is 91.0 Å². The molecule has 0 fully saturated rings. The van der Waals surface area contributed by atoms with E-state index in [0.29, 0.717) is 33.1 Å². The molecule has 9 heteroatoms. The Morgan fingerprint density at radius 1 is 1.19 bits per heavy atom. The van der Waals surface area contributed by atoms with E-state index in [9.17, 15) is 9.59 Å². The van der Waals surface area contributed by atoms with Crippen LogP contribution in [0.2, 0.25) is 5.02 Å². The monoisotopic (exact) mass is 437 g/mol. The van der Waals surface area contributed by atoms with Crippen LogP contribution in [0.25, 0.3) is 16.6 Å². The number of anilines is 1. The van der Waals surface area contributed by atoms with Gasteiger partial charge in [-0.25, -0.2) is 9.36 Å². The van der Waals surface area contributed by atoms with Crippen molar-refractivity contribution in [3.05, 3.63) is 75.3 Å². The minimum absolute atomic E-state index is 0.274. The Bertz CT molecular complexity index is 1360. The molecule has 2 aromatic heterocycles. The highest BCUT2D eigenvalue weighted by atomic mass is 35.5. The van der Waals surface area contributed by atoms with Gasteiger partial charge in [0.25, 0.3) is 5.56 Å². The number of aromatic nitrogens is 4. The highest BCUT2D eigenvalue weighted by Crippen LogP contribution is 2.27. The minimum Gasteiger partial charge on any atom is -0.495 e. The summed E-state index contributed by atoms with van der Waals surface area (Å²) in [6.45, 7) is 3.45. The molecule has 0 aliphatic carbocycles. The van der Waals surface area contributed by atoms with Crippen molar-refractivity contribution >= 4 is 34.1 Å². The second kappa shape index (κ2) is 8.23. The smallest absolute Gasteiger partial charge is 0.293 e. The number of hydrogen-bond acceptors (Lipinski definition) is 5. The molecule has 8 nitrogen and oxygen atoms in total. The summed E-state index contributed by atoms with van der Waals surface area (Å²) in [7, 11) is 1.50. The number of halogens is 1. The Kier molecular flexibility index (Phi) is 5.48. The van der Waals surface area contributed by atoms with Gasteiger partial charge in [0.1, 0.15) is 17.8 Å². The zero-order valence-corrected chi connectivity index (χ0v) is 18.0. The Morgan fingerprint density at radius 3 is 2.71 bits per heavy atom. The molecular weight excluding hydrogens is 418 g/mol. The Hall–Kier alpha value is -3.65. The number of benzene rings is 2. The molecule has 2 heterocycles. The summed E-state index contributed by atoms with van der Waals surface area (Å²) in [5.74, 6) is 0.0261. The summed E-state index contributed by atoms with van der Waals surface area (Å²) in [4.78, 5) is 25.9. The molecule has 0 bridgehead atoms. The number of methoxy groups -OCH3 is 1. The van der Waals surface area contributed by atoms with Gasteiger partial charge in [0, 0.05) is 10.4 Å². The van der Waals surface area contributed by atoms with Crippen LogP contribution < -0.4 is 15.6 Å². The number of ether oxygens (including phenoxy) is 1. The van der Waals surface area contributed by atoms with E-state index in [-0.39, 0.29) is 6.54 Å². The van der Waals surface area contributed by atoms with E-state index in [4.69, 9.17) is 16.3 Å². The van der Waals surface area contributed by atoms with Gasteiger partial charge < -0.3 is 10.1 Å². The maximum absolute atomic E-state index is 13.2. The second-order valence-electron chi connectivity index (χ2n) is 7.05. The quantitative estimate of drug-likeness (QED) is 0.516. The highest BCUT2D eigenvalue weighted by Gasteiger charge is 2.18. The first kappa shape index (κ1) is 20.6. The fourth-order valence-electron chi connectivity index (χ4n) is 3.42. The fraction of sp³-hybridized carbons (Fsp3) is 0.182. The lowest BCUT2D eigenvalue weighted by Crippen LogP contribution is -2.31. The van der Waals surface area contributed by atoms with Crippen LogP contribution in [-0.2, 0) is 11.3 Å². The van der Waals surface area contributed by atoms with Crippen LogP contribution in [0.15, 0.2) is 53.5 Å². The van der Waals surface area contributed by atoms with Crippen LogP contribution in [0.1, 0.15) is 11.3 Å². The van der Waals surface area contributed by atoms with Gasteiger partial charge >= 0.3 is 0 Å². The lowest BCUT2D eigenvalue weighted by molar-refractivity contribution is -0.117. The van der Waals surface area contributed by atoms with Crippen molar-refractivity contribution in [1.29, 1.82) is 0 Å². The summed E-state index contributed by atoms with van der Waals surface area (Å²) < 4.78 is 7.98. The maximum atomic E-state index is 13.2. The van der Waals surface area contributed by atoms with Gasteiger partial charge in [-0.2, -0.15) is 10.2 Å². The standard InChI is InChI=1S/C22H20ClN5O3/c1-13-6-4-5-7-18(13)28-21-16(11-24-28)14(2)26-27(22(21)30)12-20(29)25-17-10-15(23)8-9-19(17)31-3/h4-11H,12H2,1-3H3,(H,25,29). The molecule has 0 saturated carbocycles. The fourth-order valence-corrected chi connectivity index (χ4v) is 3.59. The maximum Gasteiger partial charge on any atom is 0.293 e. The van der Waals surface area contributed by atoms with Crippen LogP contribution >= 0.6 is 11.6 Å². The summed E-state index contributed by atoms with van der Waals surface area (Å²) in [5.41, 5.74) is 2.74. The van der Waals surface area contributed by atoms with Gasteiger partial charge in [0.15, 0.2) is 0 Å². The van der Waals surface area contributed by atoms with Gasteiger partial charge in [-0.15, -0.1) is 0 Å². The van der Waals surface area contributed by atoms with Crippen LogP contribution in [0.3, 0.4) is 0 Å². The van der Waals surface area contributed by atoms with E-state index in [0.717, 1.165) is 15.9 Å². The summed E-state index contributed by atoms with van der Waals surface area (Å²) in [5, 5.41) is 12.5. The molecule has 2 aromatic carbocycles. The predicted molar refractivity (Wildman–Crippen MR) is 119 cm³/mol. The number of carbonyl (C=O) groups excluding carboxylic acids is 1. The van der Waals surface area contributed by atoms with Crippen LogP contribution in [-0.4, -0.2) is 32.6 Å². The lowest BCUT2D eigenvalue weighted by Gasteiger charge is -2.12. The average molecular weight is 438 g/mol. The number of para-hydroxylation sites is 1. The zero-order valence-electron chi connectivity index (χ0n) is 17.2. The molecule has 0 saturated heterocycles. The number of nitrogens with one attached hydrogen (secondary N) is 1. The van der Waals surface area contributed by atoms with Crippen molar-refractivity contribution < 1.29 is 9.53 Å². The van der Waals surface area contributed by atoms with Crippen molar-refractivity contribution in [2.75, 3.05) is 12.4 Å². The van der Waals surface area contributed by atoms with Crippen molar-refractivity contribution in [3.8, 4) is 11.4 Å². The van der Waals surface area contributed by atoms with Crippen molar-refractivity contribution in [2.24, 2.45) is 0 Å². The lowest BCUT2D eigenvalue weighted by atomic mass is 10.2. The molecule has 4 aromatic rings. The first-order valence-electron chi connectivity index (χ1n) is 9.54. The first-order chi connectivity index (χ1) is 14.9. The third-order valence-electron chi connectivity index (χ3n) is 4.94. The molecule has 0 atom stereocenters. The number of rotatable bonds is 5. The molecule has 0 unspecified atom stereocenters. The van der Waals surface area contributed by atoms with Gasteiger partial charge in [-0.1, -0.05) is 29.8 Å². The molecule has 0 aliphatic heterocycles. The molecular formula is C22H20ClN5O3. The molecule has 31 heavy (non-hydrogen) atoms. The highest BCUT2D eigenvalue weighted by molar-refractivity contribution is 6.31. The second-order valence-corrected chi connectivity index (χ2v) is 7.48. The van der Waals surface area contributed by atoms with Gasteiger partial charge in [-0.3, -0.25) is 9.59 Å². The number of fused-ring (bicyclic) bond motifs is 1. The van der Waals surface area contributed by atoms with E-state index < -0.39 is 11.5 Å². The van der Waals surface area contributed by atoms with E-state index >= 15 is 0 Å². The normalized spacial score (nSPS) is 11.0. The molecule has 1 amide bonds. The third kappa shape index (κ3) is 3.89. The molecule has 0 radical (unpaired) electrons. The minimum atomic E-state index is -0.434. The predicted octanol–water partition coefficient (Wildman–Crippen LogP) is 3.50. The van der Waals surface area contributed by atoms with Crippen LogP contribution in [0, 0.1) is 13.8 Å². The summed E-state index contributed by atoms with van der Waals surface area (Å²) >= 11 is 6.02. The van der Waals surface area contributed by atoms with Crippen molar-refractivity contribution in [2.45, 2.75) is 20.4 Å². The van der Waals surface area contributed by atoms with Crippen molar-refractivity contribution in [1.82, 2.24) is 19.6 Å². The van der Waals surface area contributed by atoms with E-state index in [2.05, 4.69) is 15.5 Å². The largest absolute Gasteiger partial charge is 0.495 e. The van der Waals surface area contributed by atoms with Gasteiger partial charge in [-0.05, 0) is 43.7 Å². The molecule has 1 N–H and O–H groups in total. The van der Waals surface area contributed by atoms with Crippen molar-refractivity contribution in [3.63, 3.8) is 0 Å². The first-order valence-corrected chi connectivity index (χ1v) is 9.91. The SMILES string of the molecule is COc1ccc(Cl)cc1NC(=O)Cn1nc(C)c2cnn(-c3ccccc3C)c2c1=O. The van der Waals surface area contributed by atoms with E-state index in [1.807, 2.05) is 31.2 Å². The third-order valence-corrected chi connectivity index (χ3v) is 5.17.